The van der Waals surface area contributed by atoms with Crippen molar-refractivity contribution in [3.05, 3.63) is 0 Å². The van der Waals surface area contributed by atoms with Crippen molar-refractivity contribution in [3.63, 3.8) is 0 Å². The maximum absolute atomic E-state index is 12.4. The lowest BCUT2D eigenvalue weighted by molar-refractivity contribution is -0.138. The van der Waals surface area contributed by atoms with Crippen LogP contribution in [0, 0.1) is 5.92 Å². The van der Waals surface area contributed by atoms with Crippen LogP contribution in [0.15, 0.2) is 0 Å². The molecule has 0 aromatic rings. The summed E-state index contributed by atoms with van der Waals surface area (Å²) in [4.78, 5) is 10.7. The predicted octanol–water partition coefficient (Wildman–Crippen LogP) is -0.250. The Bertz CT molecular complexity index is 419. The van der Waals surface area contributed by atoms with E-state index in [9.17, 15) is 13.2 Å². The molecular formula is C11H20N2O5S. The summed E-state index contributed by atoms with van der Waals surface area (Å²) in [6, 6.07) is 0. The molecule has 0 amide bonds. The number of morpholine rings is 1. The summed E-state index contributed by atoms with van der Waals surface area (Å²) in [5.74, 6) is -0.947. The number of rotatable bonds is 4. The first-order valence-electron chi connectivity index (χ1n) is 6.55. The van der Waals surface area contributed by atoms with Gasteiger partial charge in [0.05, 0.1) is 13.2 Å². The molecule has 0 aliphatic carbocycles. The van der Waals surface area contributed by atoms with E-state index in [1.165, 1.54) is 8.61 Å². The molecule has 0 bridgehead atoms. The Hall–Kier alpha value is -0.700. The van der Waals surface area contributed by atoms with Gasteiger partial charge in [-0.3, -0.25) is 4.79 Å². The zero-order chi connectivity index (χ0) is 13.9. The number of hydrogen-bond donors (Lipinski definition) is 1. The molecule has 2 saturated heterocycles. The highest BCUT2D eigenvalue weighted by atomic mass is 32.2. The first-order valence-corrected chi connectivity index (χ1v) is 7.94. The lowest BCUT2D eigenvalue weighted by atomic mass is 9.96. The molecule has 2 aliphatic heterocycles. The molecular weight excluding hydrogens is 272 g/mol. The Labute approximate surface area is 113 Å². The van der Waals surface area contributed by atoms with Gasteiger partial charge in [-0.2, -0.15) is 17.0 Å². The van der Waals surface area contributed by atoms with Crippen LogP contribution in [0.2, 0.25) is 0 Å². The van der Waals surface area contributed by atoms with E-state index < -0.39 is 16.2 Å². The number of hydrogen-bond acceptors (Lipinski definition) is 4. The molecule has 0 radical (unpaired) electrons. The number of carboxylic acid groups (broad SMARTS) is 1. The molecule has 1 atom stereocenters. The molecule has 7 nitrogen and oxygen atoms in total. The fraction of sp³-hybridized carbons (Fsp3) is 0.909. The second kappa shape index (κ2) is 6.17. The number of carbonyl (C=O) groups is 1. The minimum Gasteiger partial charge on any atom is -0.481 e. The molecule has 2 rings (SSSR count). The van der Waals surface area contributed by atoms with Gasteiger partial charge in [0, 0.05) is 32.6 Å². The molecule has 1 N–H and O–H groups in total. The van der Waals surface area contributed by atoms with Gasteiger partial charge in [0.1, 0.15) is 0 Å². The third-order valence-corrected chi connectivity index (χ3v) is 5.57. The first-order chi connectivity index (χ1) is 9.00. The lowest BCUT2D eigenvalue weighted by Gasteiger charge is -2.36. The maximum atomic E-state index is 12.4. The highest BCUT2D eigenvalue weighted by molar-refractivity contribution is 7.86. The van der Waals surface area contributed by atoms with Crippen LogP contribution < -0.4 is 0 Å². The summed E-state index contributed by atoms with van der Waals surface area (Å²) in [7, 11) is -3.46. The van der Waals surface area contributed by atoms with E-state index >= 15 is 0 Å². The van der Waals surface area contributed by atoms with Crippen molar-refractivity contribution in [3.8, 4) is 0 Å². The monoisotopic (exact) mass is 292 g/mol. The van der Waals surface area contributed by atoms with E-state index in [0.29, 0.717) is 39.4 Å². The van der Waals surface area contributed by atoms with Gasteiger partial charge in [-0.15, -0.1) is 0 Å². The molecule has 1 unspecified atom stereocenters. The van der Waals surface area contributed by atoms with E-state index in [1.54, 1.807) is 0 Å². The topological polar surface area (TPSA) is 87.2 Å². The van der Waals surface area contributed by atoms with Crippen LogP contribution in [0.3, 0.4) is 0 Å². The molecule has 19 heavy (non-hydrogen) atoms. The minimum atomic E-state index is -3.46. The number of nitrogens with zero attached hydrogens (tertiary/aromatic N) is 2. The Morgan fingerprint density at radius 2 is 1.89 bits per heavy atom. The van der Waals surface area contributed by atoms with Gasteiger partial charge in [-0.1, -0.05) is 0 Å². The Kier molecular flexibility index (Phi) is 4.77. The average Bonchev–Trinajstić information content (AvgIpc) is 2.39. The largest absolute Gasteiger partial charge is 0.481 e. The van der Waals surface area contributed by atoms with Gasteiger partial charge in [-0.25, -0.2) is 0 Å². The predicted molar refractivity (Wildman–Crippen MR) is 67.9 cm³/mol. The molecule has 0 aromatic heterocycles. The smallest absolute Gasteiger partial charge is 0.303 e. The van der Waals surface area contributed by atoms with Crippen molar-refractivity contribution in [2.75, 3.05) is 39.4 Å². The van der Waals surface area contributed by atoms with Crippen molar-refractivity contribution in [2.45, 2.75) is 19.3 Å². The van der Waals surface area contributed by atoms with E-state index in [4.69, 9.17) is 9.84 Å². The van der Waals surface area contributed by atoms with Gasteiger partial charge < -0.3 is 9.84 Å². The van der Waals surface area contributed by atoms with Crippen LogP contribution in [0.1, 0.15) is 19.3 Å². The van der Waals surface area contributed by atoms with Gasteiger partial charge in [0.15, 0.2) is 0 Å². The van der Waals surface area contributed by atoms with E-state index in [0.717, 1.165) is 12.8 Å². The normalized spacial score (nSPS) is 27.3. The molecule has 110 valence electrons. The fourth-order valence-electron chi connectivity index (χ4n) is 2.59. The number of aliphatic carboxylic acids is 1. The zero-order valence-corrected chi connectivity index (χ0v) is 11.6. The van der Waals surface area contributed by atoms with Gasteiger partial charge >= 0.3 is 5.97 Å². The quantitative estimate of drug-likeness (QED) is 0.772. The summed E-state index contributed by atoms with van der Waals surface area (Å²) in [5, 5.41) is 8.81. The standard InChI is InChI=1S/C11H20N2O5S/c14-11(15)8-10-2-1-3-13(9-10)19(16,17)12-4-6-18-7-5-12/h10H,1-9H2,(H,14,15). The molecule has 0 saturated carbocycles. The minimum absolute atomic E-state index is 0.0368. The van der Waals surface area contributed by atoms with Crippen molar-refractivity contribution in [1.29, 1.82) is 0 Å². The second-order valence-electron chi connectivity index (χ2n) is 4.98. The SMILES string of the molecule is O=C(O)CC1CCCN(S(=O)(=O)N2CCOCC2)C1. The Morgan fingerprint density at radius 1 is 1.21 bits per heavy atom. The van der Waals surface area contributed by atoms with Crippen LogP contribution in [0.4, 0.5) is 0 Å². The molecule has 0 spiro atoms. The van der Waals surface area contributed by atoms with Gasteiger partial charge in [0.25, 0.3) is 10.2 Å². The van der Waals surface area contributed by atoms with Gasteiger partial charge in [-0.05, 0) is 18.8 Å². The van der Waals surface area contributed by atoms with Crippen molar-refractivity contribution < 1.29 is 23.1 Å². The molecule has 8 heteroatoms. The van der Waals surface area contributed by atoms with Crippen molar-refractivity contribution in [1.82, 2.24) is 8.61 Å². The summed E-state index contributed by atoms with van der Waals surface area (Å²) in [5.41, 5.74) is 0. The molecule has 2 aliphatic rings. The molecule has 2 heterocycles. The van der Waals surface area contributed by atoms with Crippen molar-refractivity contribution in [2.24, 2.45) is 5.92 Å². The maximum Gasteiger partial charge on any atom is 0.303 e. The van der Waals surface area contributed by atoms with Crippen LogP contribution >= 0.6 is 0 Å². The summed E-state index contributed by atoms with van der Waals surface area (Å²) >= 11 is 0. The zero-order valence-electron chi connectivity index (χ0n) is 10.8. The highest BCUT2D eigenvalue weighted by Crippen LogP contribution is 2.23. The number of piperidine rings is 1. The second-order valence-corrected chi connectivity index (χ2v) is 6.91. The third kappa shape index (κ3) is 3.65. The summed E-state index contributed by atoms with van der Waals surface area (Å²) in [6.45, 7) is 2.39. The fourth-order valence-corrected chi connectivity index (χ4v) is 4.29. The number of carboxylic acids is 1. The van der Waals surface area contributed by atoms with E-state index in [2.05, 4.69) is 0 Å². The number of ether oxygens (including phenoxy) is 1. The Balaban J connectivity index is 2.00. The van der Waals surface area contributed by atoms with Crippen LogP contribution in [0.25, 0.3) is 0 Å². The van der Waals surface area contributed by atoms with Crippen LogP contribution in [-0.4, -0.2) is 67.5 Å². The molecule has 2 fully saturated rings. The van der Waals surface area contributed by atoms with E-state index in [-0.39, 0.29) is 12.3 Å². The third-order valence-electron chi connectivity index (χ3n) is 3.57. The van der Waals surface area contributed by atoms with Gasteiger partial charge in [0.2, 0.25) is 0 Å². The van der Waals surface area contributed by atoms with Crippen LogP contribution in [0.5, 0.6) is 0 Å². The van der Waals surface area contributed by atoms with Crippen molar-refractivity contribution >= 4 is 16.2 Å². The average molecular weight is 292 g/mol. The summed E-state index contributed by atoms with van der Waals surface area (Å²) in [6.07, 6.45) is 1.54. The molecule has 0 aromatic carbocycles. The Morgan fingerprint density at radius 3 is 2.53 bits per heavy atom. The first kappa shape index (κ1) is 14.7. The highest BCUT2D eigenvalue weighted by Gasteiger charge is 2.34. The van der Waals surface area contributed by atoms with Crippen LogP contribution in [-0.2, 0) is 19.7 Å². The lowest BCUT2D eigenvalue weighted by Crippen LogP contribution is -2.51. The van der Waals surface area contributed by atoms with E-state index in [1.807, 2.05) is 0 Å². The summed E-state index contributed by atoms with van der Waals surface area (Å²) < 4.78 is 32.9.